The van der Waals surface area contributed by atoms with Gasteiger partial charge in [0.15, 0.2) is 11.9 Å². The van der Waals surface area contributed by atoms with Crippen LogP contribution in [0.3, 0.4) is 0 Å². The van der Waals surface area contributed by atoms with Crippen molar-refractivity contribution in [2.24, 2.45) is 7.05 Å². The molecule has 2 rings (SSSR count). The van der Waals surface area contributed by atoms with E-state index in [1.807, 2.05) is 62.8 Å². The molecule has 2 heterocycles. The molecule has 0 spiro atoms. The molecule has 3 heteroatoms. The van der Waals surface area contributed by atoms with Crippen LogP contribution in [0.1, 0.15) is 27.4 Å². The number of carbonyl (C=O) groups is 1. The fraction of sp³-hybridized carbons (Fsp3) is 0.333. The number of aromatic nitrogens is 2. The second kappa shape index (κ2) is 4.77. The van der Waals surface area contributed by atoms with Gasteiger partial charge in [-0.1, -0.05) is 6.07 Å². The topological polar surface area (TPSA) is 25.9 Å². The largest absolute Gasteiger partial charge is 0.351 e. The molecule has 0 aliphatic rings. The molecule has 0 N–H and O–H groups in total. The number of pyridine rings is 1. The van der Waals surface area contributed by atoms with Gasteiger partial charge in [-0.2, -0.15) is 4.57 Å². The Morgan fingerprint density at radius 1 is 1.28 bits per heavy atom. The highest BCUT2D eigenvalue weighted by molar-refractivity contribution is 5.96. The Morgan fingerprint density at radius 2 is 2.00 bits per heavy atom. The molecule has 0 radical (unpaired) electrons. The Morgan fingerprint density at radius 3 is 2.56 bits per heavy atom. The first kappa shape index (κ1) is 12.6. The summed E-state index contributed by atoms with van der Waals surface area (Å²) in [6.45, 7) is 6.42. The summed E-state index contributed by atoms with van der Waals surface area (Å²) in [7, 11) is 1.99. The molecule has 0 aliphatic heterocycles. The van der Waals surface area contributed by atoms with Crippen molar-refractivity contribution in [1.29, 1.82) is 0 Å². The Labute approximate surface area is 108 Å². The molecule has 2 aromatic rings. The first-order valence-electron chi connectivity index (χ1n) is 6.12. The van der Waals surface area contributed by atoms with Gasteiger partial charge in [-0.15, -0.1) is 0 Å². The van der Waals surface area contributed by atoms with Crippen molar-refractivity contribution in [2.45, 2.75) is 27.3 Å². The van der Waals surface area contributed by atoms with Gasteiger partial charge in [-0.05, 0) is 19.9 Å². The summed E-state index contributed by atoms with van der Waals surface area (Å²) >= 11 is 0. The van der Waals surface area contributed by atoms with E-state index in [2.05, 4.69) is 4.57 Å². The zero-order valence-corrected chi connectivity index (χ0v) is 11.4. The molecule has 0 aromatic carbocycles. The zero-order valence-electron chi connectivity index (χ0n) is 11.4. The molecule has 0 atom stereocenters. The van der Waals surface area contributed by atoms with Gasteiger partial charge in [0.05, 0.1) is 0 Å². The first-order chi connectivity index (χ1) is 8.50. The summed E-state index contributed by atoms with van der Waals surface area (Å²) in [5.74, 6) is 0.163. The smallest absolute Gasteiger partial charge is 0.229 e. The predicted octanol–water partition coefficient (Wildman–Crippen LogP) is 2.12. The maximum atomic E-state index is 12.3. The second-order valence-corrected chi connectivity index (χ2v) is 4.74. The number of aryl methyl sites for hydroxylation is 2. The van der Waals surface area contributed by atoms with Crippen LogP contribution in [-0.2, 0) is 13.6 Å². The van der Waals surface area contributed by atoms with Crippen LogP contribution < -0.4 is 4.57 Å². The highest BCUT2D eigenvalue weighted by Crippen LogP contribution is 2.13. The van der Waals surface area contributed by atoms with Crippen LogP contribution in [0.25, 0.3) is 0 Å². The third-order valence-electron chi connectivity index (χ3n) is 3.56. The van der Waals surface area contributed by atoms with Crippen molar-refractivity contribution in [3.05, 3.63) is 53.1 Å². The van der Waals surface area contributed by atoms with Gasteiger partial charge < -0.3 is 4.57 Å². The number of Topliss-reactive ketones (excluding diaryl/α,β-unsaturated/α-hetero) is 1. The second-order valence-electron chi connectivity index (χ2n) is 4.74. The van der Waals surface area contributed by atoms with Crippen molar-refractivity contribution < 1.29 is 9.36 Å². The molecular weight excluding hydrogens is 224 g/mol. The van der Waals surface area contributed by atoms with Crippen molar-refractivity contribution in [1.82, 2.24) is 4.57 Å². The lowest BCUT2D eigenvalue weighted by molar-refractivity contribution is -0.689. The summed E-state index contributed by atoms with van der Waals surface area (Å²) in [6, 6.07) is 7.91. The van der Waals surface area contributed by atoms with E-state index < -0.39 is 0 Å². The van der Waals surface area contributed by atoms with Gasteiger partial charge in [-0.25, -0.2) is 0 Å². The molecule has 18 heavy (non-hydrogen) atoms. The number of rotatable bonds is 3. The number of ketones is 1. The summed E-state index contributed by atoms with van der Waals surface area (Å²) in [6.07, 6.45) is 1.94. The highest BCUT2D eigenvalue weighted by Gasteiger charge is 2.18. The van der Waals surface area contributed by atoms with Gasteiger partial charge in [0.2, 0.25) is 12.3 Å². The number of hydrogen-bond acceptors (Lipinski definition) is 1. The quantitative estimate of drug-likeness (QED) is 0.599. The van der Waals surface area contributed by atoms with Crippen molar-refractivity contribution >= 4 is 5.78 Å². The van der Waals surface area contributed by atoms with E-state index in [9.17, 15) is 4.79 Å². The lowest BCUT2D eigenvalue weighted by atomic mass is 10.1. The number of carbonyl (C=O) groups excluding carboxylic acids is 1. The van der Waals surface area contributed by atoms with Crippen LogP contribution in [0, 0.1) is 20.8 Å². The average molecular weight is 243 g/mol. The Hall–Kier alpha value is -1.90. The number of nitrogens with zero attached hydrogens (tertiary/aromatic N) is 2. The minimum atomic E-state index is 0.163. The standard InChI is InChI=1S/C15H19N2O/c1-11-7-5-6-8-17(11)10-15(18)14-9-12(2)16(4)13(14)3/h5-9H,10H2,1-4H3/q+1. The normalized spacial score (nSPS) is 10.7. The van der Waals surface area contributed by atoms with Gasteiger partial charge >= 0.3 is 0 Å². The fourth-order valence-corrected chi connectivity index (χ4v) is 2.12. The maximum absolute atomic E-state index is 12.3. The minimum absolute atomic E-state index is 0.163. The zero-order chi connectivity index (χ0) is 13.3. The van der Waals surface area contributed by atoms with E-state index in [1.165, 1.54) is 0 Å². The Bertz CT molecular complexity index is 597. The lowest BCUT2D eigenvalue weighted by Crippen LogP contribution is -2.40. The third-order valence-corrected chi connectivity index (χ3v) is 3.56. The highest BCUT2D eigenvalue weighted by atomic mass is 16.1. The molecule has 0 unspecified atom stereocenters. The van der Waals surface area contributed by atoms with E-state index >= 15 is 0 Å². The van der Waals surface area contributed by atoms with Crippen LogP contribution in [0.15, 0.2) is 30.5 Å². The summed E-state index contributed by atoms with van der Waals surface area (Å²) < 4.78 is 4.03. The SMILES string of the molecule is Cc1cc(C(=O)C[n+]2ccccc2C)c(C)n1C. The fourth-order valence-electron chi connectivity index (χ4n) is 2.12. The van der Waals surface area contributed by atoms with Crippen LogP contribution in [-0.4, -0.2) is 10.4 Å². The van der Waals surface area contributed by atoms with Gasteiger partial charge in [0.25, 0.3) is 0 Å². The molecule has 0 amide bonds. The first-order valence-corrected chi connectivity index (χ1v) is 6.12. The average Bonchev–Trinajstić information content (AvgIpc) is 2.60. The molecule has 0 saturated carbocycles. The van der Waals surface area contributed by atoms with E-state index in [0.717, 1.165) is 22.6 Å². The van der Waals surface area contributed by atoms with Crippen LogP contribution >= 0.6 is 0 Å². The Kier molecular flexibility index (Phi) is 3.32. The van der Waals surface area contributed by atoms with Crippen LogP contribution in [0.2, 0.25) is 0 Å². The number of hydrogen-bond donors (Lipinski definition) is 0. The molecule has 94 valence electrons. The Balaban J connectivity index is 2.28. The monoisotopic (exact) mass is 243 g/mol. The summed E-state index contributed by atoms with van der Waals surface area (Å²) in [5.41, 5.74) is 4.07. The minimum Gasteiger partial charge on any atom is -0.351 e. The van der Waals surface area contributed by atoms with Crippen LogP contribution in [0.4, 0.5) is 0 Å². The van der Waals surface area contributed by atoms with E-state index in [1.54, 1.807) is 0 Å². The van der Waals surface area contributed by atoms with Crippen LogP contribution in [0.5, 0.6) is 0 Å². The van der Waals surface area contributed by atoms with Gasteiger partial charge in [-0.3, -0.25) is 4.79 Å². The molecule has 2 aromatic heterocycles. The maximum Gasteiger partial charge on any atom is 0.229 e. The molecule has 0 bridgehead atoms. The van der Waals surface area contributed by atoms with Crippen molar-refractivity contribution in [2.75, 3.05) is 0 Å². The van der Waals surface area contributed by atoms with E-state index in [0.29, 0.717) is 6.54 Å². The van der Waals surface area contributed by atoms with E-state index in [4.69, 9.17) is 0 Å². The summed E-state index contributed by atoms with van der Waals surface area (Å²) in [4.78, 5) is 12.3. The van der Waals surface area contributed by atoms with Gasteiger partial charge in [0.1, 0.15) is 0 Å². The lowest BCUT2D eigenvalue weighted by Gasteiger charge is -2.01. The molecular formula is C15H19N2O+. The van der Waals surface area contributed by atoms with E-state index in [-0.39, 0.29) is 5.78 Å². The molecule has 0 saturated heterocycles. The molecule has 0 aliphatic carbocycles. The van der Waals surface area contributed by atoms with Gasteiger partial charge in [0, 0.05) is 43.1 Å². The third kappa shape index (κ3) is 2.21. The predicted molar refractivity (Wildman–Crippen MR) is 70.6 cm³/mol. The van der Waals surface area contributed by atoms with Crippen molar-refractivity contribution in [3.63, 3.8) is 0 Å². The summed E-state index contributed by atoms with van der Waals surface area (Å²) in [5, 5.41) is 0. The van der Waals surface area contributed by atoms with Crippen molar-refractivity contribution in [3.8, 4) is 0 Å². The molecule has 3 nitrogen and oxygen atoms in total. The molecule has 0 fully saturated rings.